The summed E-state index contributed by atoms with van der Waals surface area (Å²) in [5, 5.41) is 5.81. The SMILES string of the molecule is CC(=O)N[C@@H]1[C@@H](OC(C)=O)[C@H](OC(C)=O)[C@@H](COC(C)=O)O[C@H]1SC(=S)NCc1ccccc1. The Balaban J connectivity index is 2.29. The zero-order valence-corrected chi connectivity index (χ0v) is 20.9. The van der Waals surface area contributed by atoms with E-state index >= 15 is 0 Å². The van der Waals surface area contributed by atoms with Gasteiger partial charge in [0, 0.05) is 34.2 Å². The molecule has 0 spiro atoms. The van der Waals surface area contributed by atoms with Gasteiger partial charge in [-0.25, -0.2) is 0 Å². The number of thiocarbonyl (C=S) groups is 1. The Morgan fingerprint density at radius 2 is 1.59 bits per heavy atom. The van der Waals surface area contributed by atoms with Crippen molar-refractivity contribution in [2.24, 2.45) is 0 Å². The van der Waals surface area contributed by atoms with Gasteiger partial charge in [-0.3, -0.25) is 19.2 Å². The zero-order valence-electron chi connectivity index (χ0n) is 19.3. The first-order chi connectivity index (χ1) is 16.1. The summed E-state index contributed by atoms with van der Waals surface area (Å²) in [6.07, 6.45) is -3.23. The highest BCUT2D eigenvalue weighted by Gasteiger charge is 2.51. The smallest absolute Gasteiger partial charge is 0.303 e. The molecule has 12 heteroatoms. The predicted molar refractivity (Wildman–Crippen MR) is 127 cm³/mol. The summed E-state index contributed by atoms with van der Waals surface area (Å²) in [5.74, 6) is -2.30. The van der Waals surface area contributed by atoms with Gasteiger partial charge in [-0.2, -0.15) is 0 Å². The Kier molecular flexibility index (Phi) is 10.7. The highest BCUT2D eigenvalue weighted by atomic mass is 32.2. The van der Waals surface area contributed by atoms with E-state index < -0.39 is 53.6 Å². The lowest BCUT2D eigenvalue weighted by Crippen LogP contribution is -2.65. The van der Waals surface area contributed by atoms with Crippen molar-refractivity contribution in [3.05, 3.63) is 35.9 Å². The normalized spacial score (nSPS) is 23.8. The Morgan fingerprint density at radius 3 is 2.15 bits per heavy atom. The molecule has 2 rings (SSSR count). The third-order valence-corrected chi connectivity index (χ3v) is 6.00. The number of rotatable bonds is 8. The standard InChI is InChI=1S/C22H28N2O8S2/c1-12(25)24-18-20(31-15(4)28)19(30-14(3)27)17(11-29-13(2)26)32-21(18)34-22(33)23-10-16-8-6-5-7-9-16/h5-9,17-21H,10-11H2,1-4H3,(H,23,33)(H,24,25)/t17-,18-,19-,20-,21+/m1/s1. The molecule has 1 heterocycles. The van der Waals surface area contributed by atoms with E-state index in [0.717, 1.165) is 17.3 Å². The Morgan fingerprint density at radius 1 is 0.971 bits per heavy atom. The summed E-state index contributed by atoms with van der Waals surface area (Å²) in [7, 11) is 0. The van der Waals surface area contributed by atoms with Crippen LogP contribution in [0, 0.1) is 0 Å². The molecule has 0 saturated carbocycles. The third-order valence-electron chi connectivity index (χ3n) is 4.57. The predicted octanol–water partition coefficient (Wildman–Crippen LogP) is 1.45. The minimum absolute atomic E-state index is 0.265. The molecule has 0 bridgehead atoms. The number of esters is 3. The number of benzene rings is 1. The van der Waals surface area contributed by atoms with Crippen LogP contribution < -0.4 is 10.6 Å². The average molecular weight is 513 g/mol. The fourth-order valence-corrected chi connectivity index (χ4v) is 4.60. The molecule has 1 aromatic rings. The number of thioether (sulfide) groups is 1. The van der Waals surface area contributed by atoms with E-state index in [2.05, 4.69) is 10.6 Å². The summed E-state index contributed by atoms with van der Waals surface area (Å²) in [6, 6.07) is 8.68. The maximum atomic E-state index is 12.0. The molecule has 1 saturated heterocycles. The summed E-state index contributed by atoms with van der Waals surface area (Å²) in [6.45, 7) is 5.10. The molecule has 0 aromatic heterocycles. The second kappa shape index (κ2) is 13.3. The topological polar surface area (TPSA) is 129 Å². The highest BCUT2D eigenvalue weighted by molar-refractivity contribution is 8.23. The number of amides is 1. The quantitative estimate of drug-likeness (QED) is 0.298. The average Bonchev–Trinajstić information content (AvgIpc) is 2.75. The maximum Gasteiger partial charge on any atom is 0.303 e. The van der Waals surface area contributed by atoms with Crippen LogP contribution in [0.2, 0.25) is 0 Å². The molecular formula is C22H28N2O8S2. The van der Waals surface area contributed by atoms with E-state index in [4.69, 9.17) is 31.2 Å². The van der Waals surface area contributed by atoms with Crippen LogP contribution in [0.5, 0.6) is 0 Å². The van der Waals surface area contributed by atoms with Crippen LogP contribution >= 0.6 is 24.0 Å². The number of hydrogen-bond donors (Lipinski definition) is 2. The summed E-state index contributed by atoms with van der Waals surface area (Å²) >= 11 is 6.54. The van der Waals surface area contributed by atoms with Gasteiger partial charge in [0.2, 0.25) is 5.91 Å². The molecule has 0 aliphatic carbocycles. The fourth-order valence-electron chi connectivity index (χ4n) is 3.31. The highest BCUT2D eigenvalue weighted by Crippen LogP contribution is 2.33. The molecule has 186 valence electrons. The van der Waals surface area contributed by atoms with Gasteiger partial charge in [-0.05, 0) is 5.56 Å². The van der Waals surface area contributed by atoms with Gasteiger partial charge >= 0.3 is 17.9 Å². The second-order valence-corrected chi connectivity index (χ2v) is 9.24. The molecule has 1 amide bonds. The number of ether oxygens (including phenoxy) is 4. The minimum atomic E-state index is -1.14. The number of nitrogens with one attached hydrogen (secondary N) is 2. The molecule has 1 aliphatic heterocycles. The Labute approximate surface area is 207 Å². The molecule has 5 atom stereocenters. The lowest BCUT2D eigenvalue weighted by atomic mass is 9.97. The van der Waals surface area contributed by atoms with Gasteiger partial charge in [0.25, 0.3) is 0 Å². The van der Waals surface area contributed by atoms with Crippen LogP contribution in [0.25, 0.3) is 0 Å². The van der Waals surface area contributed by atoms with Crippen molar-refractivity contribution in [3.8, 4) is 0 Å². The van der Waals surface area contributed by atoms with E-state index in [0.29, 0.717) is 10.9 Å². The number of carbonyl (C=O) groups is 4. The molecule has 1 aliphatic rings. The van der Waals surface area contributed by atoms with Crippen LogP contribution in [0.1, 0.15) is 33.3 Å². The van der Waals surface area contributed by atoms with Crippen LogP contribution in [-0.2, 0) is 44.7 Å². The van der Waals surface area contributed by atoms with Crippen LogP contribution in [-0.4, -0.2) is 64.5 Å². The van der Waals surface area contributed by atoms with Gasteiger partial charge in [0.1, 0.15) is 28.5 Å². The first-order valence-corrected chi connectivity index (χ1v) is 11.7. The third kappa shape index (κ3) is 8.92. The summed E-state index contributed by atoms with van der Waals surface area (Å²) < 4.78 is 22.4. The van der Waals surface area contributed by atoms with Crippen molar-refractivity contribution in [2.45, 2.75) is 64.0 Å². The van der Waals surface area contributed by atoms with Crippen molar-refractivity contribution in [3.63, 3.8) is 0 Å². The van der Waals surface area contributed by atoms with Crippen LogP contribution in [0.3, 0.4) is 0 Å². The van der Waals surface area contributed by atoms with E-state index in [-0.39, 0.29) is 6.61 Å². The first-order valence-electron chi connectivity index (χ1n) is 10.5. The van der Waals surface area contributed by atoms with Crippen molar-refractivity contribution >= 4 is 52.1 Å². The van der Waals surface area contributed by atoms with Gasteiger partial charge < -0.3 is 29.6 Å². The molecule has 2 N–H and O–H groups in total. The van der Waals surface area contributed by atoms with Gasteiger partial charge in [-0.15, -0.1) is 0 Å². The summed E-state index contributed by atoms with van der Waals surface area (Å²) in [5.41, 5.74) is 0.158. The van der Waals surface area contributed by atoms with Crippen LogP contribution in [0.4, 0.5) is 0 Å². The van der Waals surface area contributed by atoms with Gasteiger partial charge in [0.15, 0.2) is 12.2 Å². The molecule has 34 heavy (non-hydrogen) atoms. The van der Waals surface area contributed by atoms with E-state index in [1.165, 1.54) is 27.7 Å². The Hall–Kier alpha value is -2.70. The number of hydrogen-bond acceptors (Lipinski definition) is 10. The maximum absolute atomic E-state index is 12.0. The summed E-state index contributed by atoms with van der Waals surface area (Å²) in [4.78, 5) is 47.0. The monoisotopic (exact) mass is 512 g/mol. The van der Waals surface area contributed by atoms with Crippen LogP contribution in [0.15, 0.2) is 30.3 Å². The van der Waals surface area contributed by atoms with E-state index in [1.807, 2.05) is 30.3 Å². The molecule has 0 unspecified atom stereocenters. The van der Waals surface area contributed by atoms with Crippen molar-refractivity contribution in [1.82, 2.24) is 10.6 Å². The lowest BCUT2D eigenvalue weighted by molar-refractivity contribution is -0.211. The first kappa shape index (κ1) is 27.5. The fraction of sp³-hybridized carbons (Fsp3) is 0.500. The molecular weight excluding hydrogens is 484 g/mol. The Bertz CT molecular complexity index is 898. The van der Waals surface area contributed by atoms with Gasteiger partial charge in [0.05, 0.1) is 0 Å². The van der Waals surface area contributed by atoms with Crippen molar-refractivity contribution in [2.75, 3.05) is 6.61 Å². The largest absolute Gasteiger partial charge is 0.463 e. The zero-order chi connectivity index (χ0) is 25.3. The van der Waals surface area contributed by atoms with Crippen molar-refractivity contribution < 1.29 is 38.1 Å². The van der Waals surface area contributed by atoms with Gasteiger partial charge in [-0.1, -0.05) is 54.3 Å². The molecule has 1 fully saturated rings. The lowest BCUT2D eigenvalue weighted by Gasteiger charge is -2.45. The molecule has 0 radical (unpaired) electrons. The molecule has 1 aromatic carbocycles. The second-order valence-electron chi connectivity index (χ2n) is 7.46. The van der Waals surface area contributed by atoms with E-state index in [1.54, 1.807) is 0 Å². The van der Waals surface area contributed by atoms with E-state index in [9.17, 15) is 19.2 Å². The molecule has 10 nitrogen and oxygen atoms in total. The number of carbonyl (C=O) groups excluding carboxylic acids is 4. The minimum Gasteiger partial charge on any atom is -0.463 e. The van der Waals surface area contributed by atoms with Crippen molar-refractivity contribution in [1.29, 1.82) is 0 Å².